The number of carbonyl (C=O) groups is 4. The van der Waals surface area contributed by atoms with E-state index in [1.807, 2.05) is 6.07 Å². The number of nitrogens with one attached hydrogen (secondary N) is 2. The van der Waals surface area contributed by atoms with Crippen LogP contribution in [0.5, 0.6) is 11.5 Å². The van der Waals surface area contributed by atoms with Crippen LogP contribution in [0.2, 0.25) is 5.02 Å². The lowest BCUT2D eigenvalue weighted by molar-refractivity contribution is -0.127. The maximum Gasteiger partial charge on any atom is 0.294 e. The summed E-state index contributed by atoms with van der Waals surface area (Å²) in [6, 6.07) is 20.7. The van der Waals surface area contributed by atoms with Crippen molar-refractivity contribution in [2.75, 3.05) is 30.9 Å². The van der Waals surface area contributed by atoms with E-state index in [1.54, 1.807) is 60.7 Å². The van der Waals surface area contributed by atoms with Crippen molar-refractivity contribution in [2.45, 2.75) is 0 Å². The van der Waals surface area contributed by atoms with Crippen LogP contribution in [0, 0.1) is 0 Å². The smallest absolute Gasteiger partial charge is 0.294 e. The number of anilines is 2. The van der Waals surface area contributed by atoms with Gasteiger partial charge in [0.15, 0.2) is 18.1 Å². The van der Waals surface area contributed by atoms with Crippen LogP contribution in [0.3, 0.4) is 0 Å². The normalized spacial score (nSPS) is 13.9. The summed E-state index contributed by atoms with van der Waals surface area (Å²) in [5, 5.41) is 4.93. The van der Waals surface area contributed by atoms with Crippen molar-refractivity contribution >= 4 is 63.8 Å². The molecule has 0 unspecified atom stereocenters. The molecule has 0 bridgehead atoms. The van der Waals surface area contributed by atoms with Gasteiger partial charge in [-0.2, -0.15) is 0 Å². The van der Waals surface area contributed by atoms with Gasteiger partial charge >= 0.3 is 0 Å². The van der Waals surface area contributed by atoms with Gasteiger partial charge in [0.1, 0.15) is 6.54 Å². The molecule has 2 N–H and O–H groups in total. The summed E-state index contributed by atoms with van der Waals surface area (Å²) in [5.41, 5.74) is 1.65. The van der Waals surface area contributed by atoms with Gasteiger partial charge in [-0.1, -0.05) is 48.0 Å². The summed E-state index contributed by atoms with van der Waals surface area (Å²) in [7, 11) is 1.41. The number of rotatable bonds is 9. The van der Waals surface area contributed by atoms with Crippen molar-refractivity contribution in [1.82, 2.24) is 4.90 Å². The third-order valence-electron chi connectivity index (χ3n) is 5.19. The SMILES string of the molecule is COc1cc(/C=C2\SC(=O)N(CC(=O)Nc3ccccc3)C2=O)cc(Cl)c1OCC(=O)Nc1ccccc1. The standard InChI is InChI=1S/C27H22ClN3O6S/c1-36-21-13-17(12-20(28)25(21)37-16-24(33)30-19-10-6-3-7-11-19)14-22-26(34)31(27(35)38-22)15-23(32)29-18-8-4-2-5-9-18/h2-14H,15-16H2,1H3,(H,29,32)(H,30,33)/b22-14-. The van der Waals surface area contributed by atoms with E-state index in [-0.39, 0.29) is 33.9 Å². The molecule has 1 aliphatic rings. The van der Waals surface area contributed by atoms with E-state index in [9.17, 15) is 19.2 Å². The van der Waals surface area contributed by atoms with E-state index in [2.05, 4.69) is 10.6 Å². The van der Waals surface area contributed by atoms with Crippen LogP contribution < -0.4 is 20.1 Å². The fourth-order valence-corrected chi connectivity index (χ4v) is 4.58. The summed E-state index contributed by atoms with van der Waals surface area (Å²) in [4.78, 5) is 50.8. The van der Waals surface area contributed by atoms with Crippen molar-refractivity contribution in [3.8, 4) is 11.5 Å². The second-order valence-electron chi connectivity index (χ2n) is 7.92. The minimum absolute atomic E-state index is 0.122. The van der Waals surface area contributed by atoms with Crippen LogP contribution in [0.15, 0.2) is 77.7 Å². The molecule has 1 fully saturated rings. The first-order valence-electron chi connectivity index (χ1n) is 11.3. The average molecular weight is 552 g/mol. The van der Waals surface area contributed by atoms with Crippen LogP contribution in [0.4, 0.5) is 16.2 Å². The number of carbonyl (C=O) groups excluding carboxylic acids is 4. The number of halogens is 1. The maximum absolute atomic E-state index is 12.8. The van der Waals surface area contributed by atoms with Gasteiger partial charge in [-0.15, -0.1) is 0 Å². The molecule has 1 aliphatic heterocycles. The van der Waals surface area contributed by atoms with Gasteiger partial charge in [-0.25, -0.2) is 0 Å². The number of para-hydroxylation sites is 2. The third kappa shape index (κ3) is 6.72. The Kier molecular flexibility index (Phi) is 8.67. The number of hydrogen-bond donors (Lipinski definition) is 2. The second-order valence-corrected chi connectivity index (χ2v) is 9.32. The molecule has 0 radical (unpaired) electrons. The Morgan fingerprint density at radius 2 is 1.55 bits per heavy atom. The van der Waals surface area contributed by atoms with Gasteiger partial charge in [0, 0.05) is 11.4 Å². The van der Waals surface area contributed by atoms with Crippen LogP contribution in [-0.2, 0) is 14.4 Å². The Labute approximate surface area is 227 Å². The highest BCUT2D eigenvalue weighted by Crippen LogP contribution is 2.39. The highest BCUT2D eigenvalue weighted by molar-refractivity contribution is 8.18. The molecular weight excluding hydrogens is 530 g/mol. The molecule has 194 valence electrons. The molecular formula is C27H22ClN3O6S. The first kappa shape index (κ1) is 26.8. The van der Waals surface area contributed by atoms with Crippen molar-refractivity contribution in [1.29, 1.82) is 0 Å². The summed E-state index contributed by atoms with van der Waals surface area (Å²) in [5.74, 6) is -1.10. The highest BCUT2D eigenvalue weighted by atomic mass is 35.5. The van der Waals surface area contributed by atoms with Crippen molar-refractivity contribution < 1.29 is 28.7 Å². The summed E-state index contributed by atoms with van der Waals surface area (Å²) in [6.45, 7) is -0.729. The lowest BCUT2D eigenvalue weighted by Crippen LogP contribution is -2.36. The van der Waals surface area contributed by atoms with E-state index in [4.69, 9.17) is 21.1 Å². The van der Waals surface area contributed by atoms with Gasteiger partial charge < -0.3 is 20.1 Å². The highest BCUT2D eigenvalue weighted by Gasteiger charge is 2.36. The van der Waals surface area contributed by atoms with E-state index in [0.717, 1.165) is 4.90 Å². The lowest BCUT2D eigenvalue weighted by Gasteiger charge is -2.14. The number of hydrogen-bond acceptors (Lipinski definition) is 7. The molecule has 3 aromatic carbocycles. The predicted molar refractivity (Wildman–Crippen MR) is 146 cm³/mol. The zero-order valence-corrected chi connectivity index (χ0v) is 21.7. The zero-order chi connectivity index (χ0) is 27.1. The molecule has 38 heavy (non-hydrogen) atoms. The predicted octanol–water partition coefficient (Wildman–Crippen LogP) is 5.04. The van der Waals surface area contributed by atoms with E-state index in [1.165, 1.54) is 19.3 Å². The monoisotopic (exact) mass is 551 g/mol. The van der Waals surface area contributed by atoms with Crippen LogP contribution in [0.25, 0.3) is 6.08 Å². The summed E-state index contributed by atoms with van der Waals surface area (Å²) < 4.78 is 11.0. The molecule has 4 amide bonds. The summed E-state index contributed by atoms with van der Waals surface area (Å²) in [6.07, 6.45) is 1.47. The number of nitrogens with zero attached hydrogens (tertiary/aromatic N) is 1. The molecule has 0 spiro atoms. The van der Waals surface area contributed by atoms with Crippen LogP contribution in [0.1, 0.15) is 5.56 Å². The minimum atomic E-state index is -0.601. The van der Waals surface area contributed by atoms with Crippen LogP contribution in [-0.4, -0.2) is 48.1 Å². The topological polar surface area (TPSA) is 114 Å². The number of benzene rings is 3. The van der Waals surface area contributed by atoms with Gasteiger partial charge in [-0.05, 0) is 59.8 Å². The Morgan fingerprint density at radius 1 is 0.947 bits per heavy atom. The molecule has 11 heteroatoms. The molecule has 1 saturated heterocycles. The minimum Gasteiger partial charge on any atom is -0.493 e. The van der Waals surface area contributed by atoms with Crippen molar-refractivity contribution in [2.24, 2.45) is 0 Å². The van der Waals surface area contributed by atoms with E-state index in [0.29, 0.717) is 28.7 Å². The lowest BCUT2D eigenvalue weighted by atomic mass is 10.1. The number of thioether (sulfide) groups is 1. The van der Waals surface area contributed by atoms with Crippen molar-refractivity contribution in [3.63, 3.8) is 0 Å². The maximum atomic E-state index is 12.8. The van der Waals surface area contributed by atoms with E-state index >= 15 is 0 Å². The van der Waals surface area contributed by atoms with Gasteiger partial charge in [-0.3, -0.25) is 24.1 Å². The fraction of sp³-hybridized carbons (Fsp3) is 0.111. The molecule has 1 heterocycles. The van der Waals surface area contributed by atoms with Gasteiger partial charge in [0.25, 0.3) is 17.1 Å². The van der Waals surface area contributed by atoms with Crippen LogP contribution >= 0.6 is 23.4 Å². The molecule has 4 rings (SSSR count). The number of imide groups is 1. The quantitative estimate of drug-likeness (QED) is 0.358. The Hall–Kier alpha value is -4.28. The Morgan fingerprint density at radius 3 is 2.16 bits per heavy atom. The Bertz CT molecular complexity index is 1400. The van der Waals surface area contributed by atoms with Gasteiger partial charge in [0.05, 0.1) is 17.0 Å². The van der Waals surface area contributed by atoms with Crippen molar-refractivity contribution in [3.05, 3.63) is 88.3 Å². The number of methoxy groups -OCH3 is 1. The zero-order valence-electron chi connectivity index (χ0n) is 20.1. The molecule has 0 aromatic heterocycles. The summed E-state index contributed by atoms with van der Waals surface area (Å²) >= 11 is 7.11. The number of ether oxygens (including phenoxy) is 2. The van der Waals surface area contributed by atoms with Gasteiger partial charge in [0.2, 0.25) is 5.91 Å². The number of amides is 4. The second kappa shape index (κ2) is 12.3. The molecule has 0 saturated carbocycles. The average Bonchev–Trinajstić information content (AvgIpc) is 3.16. The molecule has 9 nitrogen and oxygen atoms in total. The molecule has 0 atom stereocenters. The third-order valence-corrected chi connectivity index (χ3v) is 6.38. The first-order valence-corrected chi connectivity index (χ1v) is 12.5. The van der Waals surface area contributed by atoms with E-state index < -0.39 is 23.6 Å². The molecule has 0 aliphatic carbocycles. The first-order chi connectivity index (χ1) is 18.3. The fourth-order valence-electron chi connectivity index (χ4n) is 3.47. The molecule has 3 aromatic rings. The Balaban J connectivity index is 1.42. The largest absolute Gasteiger partial charge is 0.493 e.